The smallest absolute Gasteiger partial charge is 0.321 e. The van der Waals surface area contributed by atoms with Gasteiger partial charge in [0.25, 0.3) is 0 Å². The molecule has 3 amide bonds. The summed E-state index contributed by atoms with van der Waals surface area (Å²) in [5.41, 5.74) is 0. The van der Waals surface area contributed by atoms with Gasteiger partial charge < -0.3 is 9.73 Å². The Kier molecular flexibility index (Phi) is 7.05. The van der Waals surface area contributed by atoms with E-state index in [0.717, 1.165) is 6.42 Å². The van der Waals surface area contributed by atoms with Crippen molar-refractivity contribution >= 4 is 23.7 Å². The lowest BCUT2D eigenvalue weighted by Gasteiger charge is -2.08. The third kappa shape index (κ3) is 5.63. The van der Waals surface area contributed by atoms with Crippen molar-refractivity contribution in [1.29, 1.82) is 0 Å². The predicted octanol–water partition coefficient (Wildman–Crippen LogP) is 2.52. The first-order valence-corrected chi connectivity index (χ1v) is 9.17. The minimum absolute atomic E-state index is 0.0773. The van der Waals surface area contributed by atoms with Crippen molar-refractivity contribution in [3.63, 3.8) is 0 Å². The van der Waals surface area contributed by atoms with E-state index in [2.05, 4.69) is 34.7 Å². The molecule has 2 rings (SSSR count). The van der Waals surface area contributed by atoms with Gasteiger partial charge in [-0.15, -0.1) is 10.2 Å². The van der Waals surface area contributed by atoms with Gasteiger partial charge in [0.15, 0.2) is 16.7 Å². The quantitative estimate of drug-likeness (QED) is 0.697. The maximum Gasteiger partial charge on any atom is 0.321 e. The fourth-order valence-electron chi connectivity index (χ4n) is 2.08. The second-order valence-electron chi connectivity index (χ2n) is 5.80. The lowest BCUT2D eigenvalue weighted by molar-refractivity contribution is -0.117. The van der Waals surface area contributed by atoms with Crippen molar-refractivity contribution in [2.75, 3.05) is 12.3 Å². The Morgan fingerprint density at radius 3 is 2.80 bits per heavy atom. The van der Waals surface area contributed by atoms with Gasteiger partial charge in [-0.1, -0.05) is 25.6 Å². The van der Waals surface area contributed by atoms with Gasteiger partial charge in [-0.25, -0.2) is 4.79 Å². The molecule has 136 valence electrons. The topological polar surface area (TPSA) is 102 Å². The fourth-order valence-corrected chi connectivity index (χ4v) is 2.88. The number of thioether (sulfide) groups is 1. The number of imide groups is 1. The van der Waals surface area contributed by atoms with Gasteiger partial charge in [0.2, 0.25) is 5.91 Å². The molecule has 0 fully saturated rings. The number of urea groups is 1. The molecule has 0 bridgehead atoms. The molecule has 2 N–H and O–H groups in total. The highest BCUT2D eigenvalue weighted by Gasteiger charge is 2.16. The molecule has 0 unspecified atom stereocenters. The van der Waals surface area contributed by atoms with Gasteiger partial charge in [0, 0.05) is 13.1 Å². The third-order valence-electron chi connectivity index (χ3n) is 3.37. The van der Waals surface area contributed by atoms with E-state index >= 15 is 0 Å². The molecule has 8 nitrogen and oxygen atoms in total. The Bertz CT molecular complexity index is 697. The molecule has 0 aliphatic carbocycles. The maximum atomic E-state index is 11.9. The van der Waals surface area contributed by atoms with Crippen LogP contribution in [0.25, 0.3) is 11.6 Å². The van der Waals surface area contributed by atoms with E-state index in [1.165, 1.54) is 11.8 Å². The van der Waals surface area contributed by atoms with Crippen LogP contribution in [0.1, 0.15) is 27.2 Å². The number of nitrogens with zero attached hydrogens (tertiary/aromatic N) is 3. The fraction of sp³-hybridized carbons (Fsp3) is 0.500. The maximum absolute atomic E-state index is 11.9. The van der Waals surface area contributed by atoms with E-state index < -0.39 is 6.03 Å². The average molecular weight is 365 g/mol. The molecular weight excluding hydrogens is 342 g/mol. The molecule has 0 saturated carbocycles. The van der Waals surface area contributed by atoms with Crippen molar-refractivity contribution in [3.05, 3.63) is 18.4 Å². The van der Waals surface area contributed by atoms with E-state index in [9.17, 15) is 9.59 Å². The molecule has 2 aromatic heterocycles. The average Bonchev–Trinajstić information content (AvgIpc) is 3.21. The van der Waals surface area contributed by atoms with E-state index in [1.54, 1.807) is 18.4 Å². The summed E-state index contributed by atoms with van der Waals surface area (Å²) in [5, 5.41) is 13.8. The monoisotopic (exact) mass is 365 g/mol. The number of rotatable bonds is 8. The van der Waals surface area contributed by atoms with E-state index in [-0.39, 0.29) is 11.7 Å². The summed E-state index contributed by atoms with van der Waals surface area (Å²) in [4.78, 5) is 23.5. The Hall–Kier alpha value is -2.29. The van der Waals surface area contributed by atoms with Crippen LogP contribution in [-0.2, 0) is 11.3 Å². The molecule has 0 aromatic carbocycles. The van der Waals surface area contributed by atoms with Crippen molar-refractivity contribution < 1.29 is 14.0 Å². The number of aromatic nitrogens is 3. The van der Waals surface area contributed by atoms with Crippen LogP contribution in [-0.4, -0.2) is 39.0 Å². The highest BCUT2D eigenvalue weighted by atomic mass is 32.2. The van der Waals surface area contributed by atoms with Crippen LogP contribution in [0.5, 0.6) is 0 Å². The second kappa shape index (κ2) is 9.26. The summed E-state index contributed by atoms with van der Waals surface area (Å²) in [7, 11) is 0. The van der Waals surface area contributed by atoms with Crippen molar-refractivity contribution in [2.24, 2.45) is 5.92 Å². The summed E-state index contributed by atoms with van der Waals surface area (Å²) in [5.74, 6) is 1.43. The van der Waals surface area contributed by atoms with Crippen molar-refractivity contribution in [3.8, 4) is 11.6 Å². The standard InChI is InChI=1S/C16H23N5O3S/c1-4-21-14(12-6-5-9-24-12)19-20-16(21)25-10-13(22)18-15(23)17-8-7-11(2)3/h5-6,9,11H,4,7-8,10H2,1-3H3,(H2,17,18,22,23). The zero-order valence-corrected chi connectivity index (χ0v) is 15.4. The Balaban J connectivity index is 1.85. The molecule has 25 heavy (non-hydrogen) atoms. The molecule has 0 spiro atoms. The Morgan fingerprint density at radius 2 is 2.16 bits per heavy atom. The van der Waals surface area contributed by atoms with Crippen LogP contribution in [0.15, 0.2) is 28.0 Å². The highest BCUT2D eigenvalue weighted by Crippen LogP contribution is 2.23. The van der Waals surface area contributed by atoms with Crippen LogP contribution in [0.3, 0.4) is 0 Å². The largest absolute Gasteiger partial charge is 0.461 e. The second-order valence-corrected chi connectivity index (χ2v) is 6.75. The number of nitrogens with one attached hydrogen (secondary N) is 2. The van der Waals surface area contributed by atoms with Crippen molar-refractivity contribution in [1.82, 2.24) is 25.4 Å². The number of hydrogen-bond donors (Lipinski definition) is 2. The van der Waals surface area contributed by atoms with Crippen LogP contribution in [0.4, 0.5) is 4.79 Å². The van der Waals surface area contributed by atoms with Gasteiger partial charge in [-0.2, -0.15) is 0 Å². The SMILES string of the molecule is CCn1c(SCC(=O)NC(=O)NCCC(C)C)nnc1-c1ccco1. The first-order valence-electron chi connectivity index (χ1n) is 8.18. The van der Waals surface area contributed by atoms with Gasteiger partial charge in [0.05, 0.1) is 12.0 Å². The molecule has 0 radical (unpaired) electrons. The Labute approximate surface area is 150 Å². The van der Waals surface area contributed by atoms with Gasteiger partial charge >= 0.3 is 6.03 Å². The van der Waals surface area contributed by atoms with Gasteiger partial charge in [-0.3, -0.25) is 14.7 Å². The third-order valence-corrected chi connectivity index (χ3v) is 4.33. The minimum atomic E-state index is -0.473. The molecule has 9 heteroatoms. The first kappa shape index (κ1) is 19.0. The summed E-state index contributed by atoms with van der Waals surface area (Å²) in [6.45, 7) is 7.29. The Morgan fingerprint density at radius 1 is 1.36 bits per heavy atom. The predicted molar refractivity (Wildman–Crippen MR) is 95.1 cm³/mol. The zero-order chi connectivity index (χ0) is 18.2. The number of carbonyl (C=O) groups is 2. The lowest BCUT2D eigenvalue weighted by atomic mass is 10.1. The molecule has 2 aromatic rings. The first-order chi connectivity index (χ1) is 12.0. The van der Waals surface area contributed by atoms with Crippen LogP contribution < -0.4 is 10.6 Å². The van der Waals surface area contributed by atoms with Crippen LogP contribution >= 0.6 is 11.8 Å². The van der Waals surface area contributed by atoms with Crippen LogP contribution in [0.2, 0.25) is 0 Å². The van der Waals surface area contributed by atoms with E-state index in [0.29, 0.717) is 35.7 Å². The number of amides is 3. The molecule has 0 atom stereocenters. The molecular formula is C16H23N5O3S. The lowest BCUT2D eigenvalue weighted by Crippen LogP contribution is -2.40. The van der Waals surface area contributed by atoms with Crippen LogP contribution in [0, 0.1) is 5.92 Å². The molecule has 0 aliphatic rings. The molecule has 0 saturated heterocycles. The molecule has 2 heterocycles. The molecule has 0 aliphatic heterocycles. The number of carbonyl (C=O) groups excluding carboxylic acids is 2. The van der Waals surface area contributed by atoms with E-state index in [4.69, 9.17) is 4.42 Å². The summed E-state index contributed by atoms with van der Waals surface area (Å²) in [6, 6.07) is 3.11. The van der Waals surface area contributed by atoms with Gasteiger partial charge in [0.1, 0.15) is 0 Å². The van der Waals surface area contributed by atoms with E-state index in [1.807, 2.05) is 11.5 Å². The number of hydrogen-bond acceptors (Lipinski definition) is 6. The summed E-state index contributed by atoms with van der Waals surface area (Å²) in [6.07, 6.45) is 2.44. The zero-order valence-electron chi connectivity index (χ0n) is 14.6. The van der Waals surface area contributed by atoms with Gasteiger partial charge in [-0.05, 0) is 31.4 Å². The minimum Gasteiger partial charge on any atom is -0.461 e. The highest BCUT2D eigenvalue weighted by molar-refractivity contribution is 7.99. The van der Waals surface area contributed by atoms with Crippen molar-refractivity contribution in [2.45, 2.75) is 38.9 Å². The normalized spacial score (nSPS) is 10.9. The number of furan rings is 1. The summed E-state index contributed by atoms with van der Waals surface area (Å²) < 4.78 is 7.20. The summed E-state index contributed by atoms with van der Waals surface area (Å²) >= 11 is 1.22.